The largest absolute Gasteiger partial charge is 0.399 e. The van der Waals surface area contributed by atoms with Gasteiger partial charge < -0.3 is 5.73 Å². The van der Waals surface area contributed by atoms with E-state index in [0.717, 1.165) is 6.07 Å². The fraction of sp³-hybridized carbons (Fsp3) is 0.455. The maximum atomic E-state index is 13.5. The van der Waals surface area contributed by atoms with E-state index < -0.39 is 43.4 Å². The Kier molecular flexibility index (Phi) is 5.60. The smallest absolute Gasteiger partial charge is 0.243 e. The maximum Gasteiger partial charge on any atom is 0.243 e. The van der Waals surface area contributed by atoms with Crippen LogP contribution in [0.2, 0.25) is 0 Å². The normalized spacial score (nSPS) is 15.0. The SMILES string of the molecule is CC(CCS(C)=O)NS(=O)(=O)c1cc(N)cc(F)c1F. The van der Waals surface area contributed by atoms with Gasteiger partial charge in [-0.2, -0.15) is 0 Å². The molecule has 0 saturated carbocycles. The molecule has 0 heterocycles. The predicted octanol–water partition coefficient (Wildman–Crippen LogP) is 0.982. The van der Waals surface area contributed by atoms with Crippen molar-refractivity contribution in [2.75, 3.05) is 17.7 Å². The Labute approximate surface area is 119 Å². The third-order valence-corrected chi connectivity index (χ3v) is 4.90. The molecule has 2 atom stereocenters. The lowest BCUT2D eigenvalue weighted by Gasteiger charge is -2.14. The minimum atomic E-state index is -4.23. The highest BCUT2D eigenvalue weighted by atomic mass is 32.2. The zero-order valence-electron chi connectivity index (χ0n) is 11.0. The molecule has 1 rings (SSSR count). The van der Waals surface area contributed by atoms with Crippen LogP contribution < -0.4 is 10.5 Å². The van der Waals surface area contributed by atoms with Gasteiger partial charge in [-0.1, -0.05) is 0 Å². The predicted molar refractivity (Wildman–Crippen MR) is 74.1 cm³/mol. The molecule has 0 amide bonds. The average molecular weight is 326 g/mol. The summed E-state index contributed by atoms with van der Waals surface area (Å²) >= 11 is 0. The Bertz CT molecular complexity index is 620. The van der Waals surface area contributed by atoms with E-state index in [0.29, 0.717) is 18.2 Å². The minimum Gasteiger partial charge on any atom is -0.399 e. The van der Waals surface area contributed by atoms with Crippen LogP contribution in [0.1, 0.15) is 13.3 Å². The fourth-order valence-corrected chi connectivity index (χ4v) is 3.59. The lowest BCUT2D eigenvalue weighted by molar-refractivity contribution is 0.481. The number of hydrogen-bond donors (Lipinski definition) is 2. The molecule has 0 aliphatic rings. The van der Waals surface area contributed by atoms with Crippen LogP contribution in [0, 0.1) is 11.6 Å². The number of sulfonamides is 1. The summed E-state index contributed by atoms with van der Waals surface area (Å²) in [4.78, 5) is -0.834. The standard InChI is InChI=1S/C11H16F2N2O3S2/c1-7(3-4-19(2)16)15-20(17,18)10-6-8(14)5-9(12)11(10)13/h5-7,15H,3-4,14H2,1-2H3. The van der Waals surface area contributed by atoms with E-state index in [-0.39, 0.29) is 5.69 Å². The molecule has 3 N–H and O–H groups in total. The van der Waals surface area contributed by atoms with Gasteiger partial charge in [0.1, 0.15) is 4.90 Å². The number of nitrogen functional groups attached to an aromatic ring is 1. The summed E-state index contributed by atoms with van der Waals surface area (Å²) in [7, 11) is -5.29. The van der Waals surface area contributed by atoms with Crippen molar-refractivity contribution in [3.8, 4) is 0 Å². The number of halogens is 2. The fourth-order valence-electron chi connectivity index (χ4n) is 1.51. The Hall–Kier alpha value is -1.06. The highest BCUT2D eigenvalue weighted by molar-refractivity contribution is 7.89. The molecule has 0 fully saturated rings. The summed E-state index contributed by atoms with van der Waals surface area (Å²) in [6.07, 6.45) is 1.81. The van der Waals surface area contributed by atoms with E-state index in [1.807, 2.05) is 0 Å². The first kappa shape index (κ1) is 17.0. The second-order valence-corrected chi connectivity index (χ2v) is 7.64. The second kappa shape index (κ2) is 6.59. The first-order chi connectivity index (χ1) is 9.13. The lowest BCUT2D eigenvalue weighted by Crippen LogP contribution is -2.34. The molecule has 0 aliphatic heterocycles. The van der Waals surface area contributed by atoms with Crippen LogP contribution in [0.15, 0.2) is 17.0 Å². The molecule has 0 aliphatic carbocycles. The Balaban J connectivity index is 2.97. The molecule has 2 unspecified atom stereocenters. The van der Waals surface area contributed by atoms with Crippen molar-refractivity contribution in [2.24, 2.45) is 0 Å². The van der Waals surface area contributed by atoms with Gasteiger partial charge >= 0.3 is 0 Å². The van der Waals surface area contributed by atoms with Gasteiger partial charge in [-0.05, 0) is 25.5 Å². The van der Waals surface area contributed by atoms with Crippen LogP contribution in [-0.4, -0.2) is 30.7 Å². The van der Waals surface area contributed by atoms with Gasteiger partial charge in [-0.25, -0.2) is 21.9 Å². The molecule has 9 heteroatoms. The van der Waals surface area contributed by atoms with Crippen LogP contribution in [0.5, 0.6) is 0 Å². The number of benzene rings is 1. The van der Waals surface area contributed by atoms with E-state index >= 15 is 0 Å². The molecular weight excluding hydrogens is 310 g/mol. The van der Waals surface area contributed by atoms with Crippen LogP contribution >= 0.6 is 0 Å². The molecule has 0 radical (unpaired) electrons. The van der Waals surface area contributed by atoms with E-state index in [9.17, 15) is 21.4 Å². The second-order valence-electron chi connectivity index (χ2n) is 4.40. The monoisotopic (exact) mass is 326 g/mol. The molecule has 0 aromatic heterocycles. The average Bonchev–Trinajstić information content (AvgIpc) is 2.30. The maximum absolute atomic E-state index is 13.5. The van der Waals surface area contributed by atoms with Crippen LogP contribution in [0.4, 0.5) is 14.5 Å². The first-order valence-electron chi connectivity index (χ1n) is 5.70. The van der Waals surface area contributed by atoms with Gasteiger partial charge in [0.25, 0.3) is 0 Å². The van der Waals surface area contributed by atoms with Gasteiger partial charge in [0.2, 0.25) is 10.0 Å². The van der Waals surface area contributed by atoms with E-state index in [4.69, 9.17) is 5.73 Å². The van der Waals surface area contributed by atoms with Crippen LogP contribution in [0.3, 0.4) is 0 Å². The summed E-state index contributed by atoms with van der Waals surface area (Å²) in [5.41, 5.74) is 5.13. The number of anilines is 1. The van der Waals surface area contributed by atoms with Gasteiger partial charge in [-0.3, -0.25) is 4.21 Å². The Morgan fingerprint density at radius 2 is 2.00 bits per heavy atom. The van der Waals surface area contributed by atoms with Crippen molar-refractivity contribution < 1.29 is 21.4 Å². The van der Waals surface area contributed by atoms with Gasteiger partial charge in [0.15, 0.2) is 11.6 Å². The van der Waals surface area contributed by atoms with E-state index in [1.54, 1.807) is 6.92 Å². The molecule has 1 aromatic rings. The molecule has 0 saturated heterocycles. The van der Waals surface area contributed by atoms with Crippen LogP contribution in [-0.2, 0) is 20.8 Å². The van der Waals surface area contributed by atoms with E-state index in [2.05, 4.69) is 4.72 Å². The third-order valence-electron chi connectivity index (χ3n) is 2.50. The summed E-state index contributed by atoms with van der Waals surface area (Å²) in [5.74, 6) is -2.50. The molecule has 0 spiro atoms. The first-order valence-corrected chi connectivity index (χ1v) is 8.91. The van der Waals surface area contributed by atoms with Crippen molar-refractivity contribution in [3.63, 3.8) is 0 Å². The number of nitrogens with one attached hydrogen (secondary N) is 1. The Morgan fingerprint density at radius 3 is 2.55 bits per heavy atom. The van der Waals surface area contributed by atoms with Gasteiger partial charge in [0.05, 0.1) is 0 Å². The molecule has 20 heavy (non-hydrogen) atoms. The topological polar surface area (TPSA) is 89.3 Å². The van der Waals surface area contributed by atoms with Crippen molar-refractivity contribution >= 4 is 26.5 Å². The molecule has 1 aromatic carbocycles. The van der Waals surface area contributed by atoms with E-state index in [1.165, 1.54) is 6.26 Å². The zero-order valence-corrected chi connectivity index (χ0v) is 12.7. The summed E-state index contributed by atoms with van der Waals surface area (Å²) in [5, 5.41) is 0. The zero-order chi connectivity index (χ0) is 15.5. The lowest BCUT2D eigenvalue weighted by atomic mass is 10.3. The summed E-state index contributed by atoms with van der Waals surface area (Å²) in [6, 6.07) is 0.997. The van der Waals surface area contributed by atoms with Gasteiger partial charge in [0, 0.05) is 34.5 Å². The van der Waals surface area contributed by atoms with Gasteiger partial charge in [-0.15, -0.1) is 0 Å². The summed E-state index contributed by atoms with van der Waals surface area (Å²) in [6.45, 7) is 1.55. The molecule has 5 nitrogen and oxygen atoms in total. The number of nitrogens with two attached hydrogens (primary N) is 1. The summed E-state index contributed by atoms with van der Waals surface area (Å²) < 4.78 is 63.8. The van der Waals surface area contributed by atoms with Crippen molar-refractivity contribution in [1.82, 2.24) is 4.72 Å². The molecule has 0 bridgehead atoms. The highest BCUT2D eigenvalue weighted by Gasteiger charge is 2.24. The van der Waals surface area contributed by atoms with Crippen LogP contribution in [0.25, 0.3) is 0 Å². The Morgan fingerprint density at radius 1 is 1.40 bits per heavy atom. The van der Waals surface area contributed by atoms with Crippen molar-refractivity contribution in [2.45, 2.75) is 24.3 Å². The molecular formula is C11H16F2N2O3S2. The van der Waals surface area contributed by atoms with Crippen molar-refractivity contribution in [1.29, 1.82) is 0 Å². The number of hydrogen-bond acceptors (Lipinski definition) is 4. The quantitative estimate of drug-likeness (QED) is 0.763. The van der Waals surface area contributed by atoms with Crippen molar-refractivity contribution in [3.05, 3.63) is 23.8 Å². The third kappa shape index (κ3) is 4.50. The number of rotatable bonds is 6. The molecule has 114 valence electrons. The minimum absolute atomic E-state index is 0.188. The highest BCUT2D eigenvalue weighted by Crippen LogP contribution is 2.21.